The minimum Gasteiger partial charge on any atom is -0.370 e. The van der Waals surface area contributed by atoms with E-state index in [0.29, 0.717) is 0 Å². The van der Waals surface area contributed by atoms with E-state index >= 15 is 0 Å². The first-order chi connectivity index (χ1) is 19.6. The summed E-state index contributed by atoms with van der Waals surface area (Å²) in [6, 6.07) is 23.5. The van der Waals surface area contributed by atoms with Crippen molar-refractivity contribution in [2.45, 2.75) is 51.4 Å². The number of aliphatic imine (C=N–C) groups is 3. The van der Waals surface area contributed by atoms with E-state index in [1.54, 1.807) is 0 Å². The predicted octanol–water partition coefficient (Wildman–Crippen LogP) is 4.92. The van der Waals surface area contributed by atoms with Crippen molar-refractivity contribution >= 4 is 34.8 Å². The second kappa shape index (κ2) is 13.6. The molecule has 0 unspecified atom stereocenters. The lowest BCUT2D eigenvalue weighted by Gasteiger charge is -2.15. The number of nitrogens with one attached hydrogen (secondary N) is 3. The summed E-state index contributed by atoms with van der Waals surface area (Å²) in [5.41, 5.74) is 19.3. The first-order valence-electron chi connectivity index (χ1n) is 14.4. The molecule has 6 rings (SSSR count). The fraction of sp³-hybridized carbons (Fsp3) is 0.344. The molecule has 2 aliphatic heterocycles. The highest BCUT2D eigenvalue weighted by molar-refractivity contribution is 5.96. The Hall–Kier alpha value is -4.33. The molecule has 0 bridgehead atoms. The number of benzene rings is 3. The van der Waals surface area contributed by atoms with Gasteiger partial charge in [-0.05, 0) is 104 Å². The number of guanidine groups is 2. The summed E-state index contributed by atoms with van der Waals surface area (Å²) in [4.78, 5) is 12.8. The van der Waals surface area contributed by atoms with E-state index in [0.717, 1.165) is 74.2 Å². The van der Waals surface area contributed by atoms with Gasteiger partial charge in [0.1, 0.15) is 5.84 Å². The second-order valence-electron chi connectivity index (χ2n) is 10.4. The average Bonchev–Trinajstić information content (AvgIpc) is 3.68. The number of hydrogen-bond acceptors (Lipinski definition) is 6. The molecule has 0 atom stereocenters. The number of hydrogen-bond donors (Lipinski definition) is 5. The van der Waals surface area contributed by atoms with Gasteiger partial charge in [-0.15, -0.1) is 0 Å². The first-order valence-corrected chi connectivity index (χ1v) is 14.4. The van der Waals surface area contributed by atoms with Crippen LogP contribution in [0.15, 0.2) is 81.7 Å². The van der Waals surface area contributed by atoms with Crippen LogP contribution in [-0.2, 0) is 25.7 Å². The third-order valence-corrected chi connectivity index (χ3v) is 7.30. The third kappa shape index (κ3) is 8.09. The molecule has 8 heteroatoms. The minimum absolute atomic E-state index is 0.126. The predicted molar refractivity (Wildman–Crippen MR) is 168 cm³/mol. The molecule has 0 fully saturated rings. The van der Waals surface area contributed by atoms with Crippen LogP contribution in [-0.4, -0.2) is 37.4 Å². The highest BCUT2D eigenvalue weighted by Gasteiger charge is 2.09. The Labute approximate surface area is 237 Å². The van der Waals surface area contributed by atoms with Crippen molar-refractivity contribution in [1.29, 1.82) is 0 Å². The maximum Gasteiger partial charge on any atom is 0.195 e. The fourth-order valence-electron chi connectivity index (χ4n) is 5.16. The van der Waals surface area contributed by atoms with E-state index in [1.807, 2.05) is 6.07 Å². The Balaban J connectivity index is 0.000000194. The van der Waals surface area contributed by atoms with Crippen LogP contribution < -0.4 is 27.4 Å². The maximum atomic E-state index is 5.33. The van der Waals surface area contributed by atoms with Gasteiger partial charge in [0.05, 0.1) is 12.2 Å². The van der Waals surface area contributed by atoms with Crippen molar-refractivity contribution in [3.05, 3.63) is 89.0 Å². The van der Waals surface area contributed by atoms with Gasteiger partial charge in [0.2, 0.25) is 0 Å². The highest BCUT2D eigenvalue weighted by atomic mass is 15.2. The Morgan fingerprint density at radius 3 is 2.00 bits per heavy atom. The number of aryl methyl sites for hydroxylation is 4. The molecule has 0 saturated heterocycles. The Bertz CT molecular complexity index is 1280. The summed E-state index contributed by atoms with van der Waals surface area (Å²) in [5.74, 6) is 2.11. The molecule has 0 radical (unpaired) electrons. The van der Waals surface area contributed by atoms with Crippen molar-refractivity contribution in [2.24, 2.45) is 26.4 Å². The molecule has 3 aromatic rings. The van der Waals surface area contributed by atoms with E-state index in [2.05, 4.69) is 91.6 Å². The van der Waals surface area contributed by atoms with Crippen LogP contribution in [0, 0.1) is 0 Å². The summed E-state index contributed by atoms with van der Waals surface area (Å²) in [6.45, 7) is 2.73. The zero-order valence-corrected chi connectivity index (χ0v) is 23.1. The Morgan fingerprint density at radius 2 is 1.40 bits per heavy atom. The third-order valence-electron chi connectivity index (χ3n) is 7.30. The van der Waals surface area contributed by atoms with Crippen LogP contribution in [0.1, 0.15) is 47.9 Å². The van der Waals surface area contributed by atoms with Gasteiger partial charge in [0, 0.05) is 30.9 Å². The van der Waals surface area contributed by atoms with Gasteiger partial charge in [0.15, 0.2) is 11.9 Å². The number of rotatable bonds is 6. The van der Waals surface area contributed by atoms with E-state index in [4.69, 9.17) is 11.5 Å². The van der Waals surface area contributed by atoms with Crippen molar-refractivity contribution in [3.8, 4) is 0 Å². The lowest BCUT2D eigenvalue weighted by molar-refractivity contribution is 0.686. The molecule has 8 nitrogen and oxygen atoms in total. The highest BCUT2D eigenvalue weighted by Crippen LogP contribution is 2.25. The summed E-state index contributed by atoms with van der Waals surface area (Å²) >= 11 is 0. The van der Waals surface area contributed by atoms with Crippen LogP contribution in [0.5, 0.6) is 0 Å². The number of anilines is 2. The van der Waals surface area contributed by atoms with Crippen LogP contribution in [0.4, 0.5) is 17.1 Å². The zero-order chi connectivity index (χ0) is 27.6. The van der Waals surface area contributed by atoms with Crippen molar-refractivity contribution in [2.75, 3.05) is 30.3 Å². The summed E-state index contributed by atoms with van der Waals surface area (Å²) < 4.78 is 0. The molecule has 0 amide bonds. The Kier molecular flexibility index (Phi) is 9.29. The van der Waals surface area contributed by atoms with E-state index in [1.165, 1.54) is 47.9 Å². The van der Waals surface area contributed by atoms with Gasteiger partial charge in [-0.2, -0.15) is 0 Å². The second-order valence-corrected chi connectivity index (χ2v) is 10.4. The summed E-state index contributed by atoms with van der Waals surface area (Å²) in [5, 5.41) is 9.93. The van der Waals surface area contributed by atoms with Crippen LogP contribution in [0.3, 0.4) is 0 Å². The maximum absolute atomic E-state index is 5.33. The molecule has 2 heterocycles. The van der Waals surface area contributed by atoms with E-state index in [9.17, 15) is 0 Å². The molecule has 0 aromatic heterocycles. The van der Waals surface area contributed by atoms with E-state index in [-0.39, 0.29) is 5.96 Å². The standard InChI is InChI=1S/C21H25N5.C11H15N3/c1-2-20(22-13-1)25-18-9-5-16(6-10-18)3-4-17-7-11-19(12-8-17)26-21-23-14-15-24-21;12-11(13)14-10-6-5-8-3-1-2-4-9(8)7-10/h5-12H,1-4,13-15H2,(H,22,25)(H2,23,24,26);5-7H,1-4H2,(H4,12,13,14). The normalized spacial score (nSPS) is 15.5. The topological polar surface area (TPSA) is 125 Å². The van der Waals surface area contributed by atoms with Crippen molar-refractivity contribution < 1.29 is 0 Å². The van der Waals surface area contributed by atoms with Crippen LogP contribution in [0.25, 0.3) is 0 Å². The average molecular weight is 537 g/mol. The molecule has 208 valence electrons. The largest absolute Gasteiger partial charge is 0.370 e. The lowest BCUT2D eigenvalue weighted by atomic mass is 9.91. The lowest BCUT2D eigenvalue weighted by Crippen LogP contribution is -2.26. The van der Waals surface area contributed by atoms with Gasteiger partial charge in [-0.1, -0.05) is 30.3 Å². The number of nitrogens with zero attached hydrogens (tertiary/aromatic N) is 3. The molecule has 1 aliphatic carbocycles. The SMILES string of the molecule is NC(N)=Nc1ccc2c(c1)CCCC2.c1cc(NC2=NCCC2)ccc1CCc1ccc(NC2=NCCN2)cc1. The zero-order valence-electron chi connectivity index (χ0n) is 23.1. The number of amidine groups is 1. The molecule has 0 spiro atoms. The van der Waals surface area contributed by atoms with Gasteiger partial charge in [0.25, 0.3) is 0 Å². The molecule has 0 saturated carbocycles. The van der Waals surface area contributed by atoms with E-state index < -0.39 is 0 Å². The van der Waals surface area contributed by atoms with Crippen molar-refractivity contribution in [1.82, 2.24) is 5.32 Å². The first kappa shape index (κ1) is 27.2. The molecular weight excluding hydrogens is 496 g/mol. The molecule has 3 aliphatic rings. The molecular formula is C32H40N8. The monoisotopic (exact) mass is 536 g/mol. The minimum atomic E-state index is 0.126. The van der Waals surface area contributed by atoms with Gasteiger partial charge >= 0.3 is 0 Å². The smallest absolute Gasteiger partial charge is 0.195 e. The van der Waals surface area contributed by atoms with Gasteiger partial charge in [-0.3, -0.25) is 9.98 Å². The van der Waals surface area contributed by atoms with Crippen LogP contribution in [0.2, 0.25) is 0 Å². The van der Waals surface area contributed by atoms with Gasteiger partial charge < -0.3 is 27.4 Å². The quantitative estimate of drug-likeness (QED) is 0.226. The number of nitrogens with two attached hydrogens (primary N) is 2. The van der Waals surface area contributed by atoms with Crippen molar-refractivity contribution in [3.63, 3.8) is 0 Å². The van der Waals surface area contributed by atoms with Crippen LogP contribution >= 0.6 is 0 Å². The molecule has 7 N–H and O–H groups in total. The Morgan fingerprint density at radius 1 is 0.725 bits per heavy atom. The summed E-state index contributed by atoms with van der Waals surface area (Å²) in [7, 11) is 0. The number of fused-ring (bicyclic) bond motifs is 1. The van der Waals surface area contributed by atoms with Gasteiger partial charge in [-0.25, -0.2) is 4.99 Å². The summed E-state index contributed by atoms with van der Waals surface area (Å²) in [6.07, 6.45) is 9.24. The molecule has 3 aromatic carbocycles. The molecule has 40 heavy (non-hydrogen) atoms. The fourth-order valence-corrected chi connectivity index (χ4v) is 5.16.